The van der Waals surface area contributed by atoms with Crippen molar-refractivity contribution < 1.29 is 9.53 Å². The van der Waals surface area contributed by atoms with Gasteiger partial charge in [0.2, 0.25) is 0 Å². The number of ether oxygens (including phenoxy) is 1. The van der Waals surface area contributed by atoms with E-state index in [-0.39, 0.29) is 6.09 Å². The third kappa shape index (κ3) is 2.79. The molecule has 126 valence electrons. The molecule has 2 fully saturated rings. The SMILES string of the molecule is Cn1nccc1-c1ccc(N2CCC(CN3CCOC3=O)C2)nn1. The number of amides is 1. The van der Waals surface area contributed by atoms with E-state index < -0.39 is 0 Å². The Balaban J connectivity index is 1.40. The van der Waals surface area contributed by atoms with Gasteiger partial charge >= 0.3 is 6.09 Å². The maximum absolute atomic E-state index is 11.6. The van der Waals surface area contributed by atoms with Crippen molar-refractivity contribution in [1.82, 2.24) is 24.9 Å². The van der Waals surface area contributed by atoms with E-state index in [1.165, 1.54) is 0 Å². The average Bonchev–Trinajstić information content (AvgIpc) is 3.31. The number of aromatic nitrogens is 4. The summed E-state index contributed by atoms with van der Waals surface area (Å²) in [6.07, 6.45) is 2.61. The molecule has 8 nitrogen and oxygen atoms in total. The van der Waals surface area contributed by atoms with Gasteiger partial charge in [-0.3, -0.25) is 4.68 Å². The lowest BCUT2D eigenvalue weighted by Gasteiger charge is -2.19. The van der Waals surface area contributed by atoms with Crippen LogP contribution in [-0.4, -0.2) is 63.8 Å². The van der Waals surface area contributed by atoms with Crippen LogP contribution in [0, 0.1) is 5.92 Å². The summed E-state index contributed by atoms with van der Waals surface area (Å²) in [5, 5.41) is 12.9. The second kappa shape index (κ2) is 6.10. The highest BCUT2D eigenvalue weighted by Crippen LogP contribution is 2.24. The zero-order valence-corrected chi connectivity index (χ0v) is 13.6. The zero-order chi connectivity index (χ0) is 16.5. The van der Waals surface area contributed by atoms with Crippen LogP contribution in [0.3, 0.4) is 0 Å². The first kappa shape index (κ1) is 14.9. The summed E-state index contributed by atoms with van der Waals surface area (Å²) < 4.78 is 6.77. The van der Waals surface area contributed by atoms with Crippen LogP contribution in [0.25, 0.3) is 11.4 Å². The maximum atomic E-state index is 11.6. The molecular formula is C16H20N6O2. The van der Waals surface area contributed by atoms with E-state index in [2.05, 4.69) is 20.2 Å². The number of rotatable bonds is 4. The Bertz CT molecular complexity index is 728. The number of hydrogen-bond donors (Lipinski definition) is 0. The molecule has 2 aromatic rings. The van der Waals surface area contributed by atoms with Crippen molar-refractivity contribution in [3.05, 3.63) is 24.4 Å². The van der Waals surface area contributed by atoms with Crippen molar-refractivity contribution in [2.75, 3.05) is 37.7 Å². The van der Waals surface area contributed by atoms with E-state index in [4.69, 9.17) is 4.74 Å². The van der Waals surface area contributed by atoms with Crippen molar-refractivity contribution in [2.24, 2.45) is 13.0 Å². The first-order valence-corrected chi connectivity index (χ1v) is 8.19. The number of nitrogens with zero attached hydrogens (tertiary/aromatic N) is 6. The maximum Gasteiger partial charge on any atom is 0.409 e. The zero-order valence-electron chi connectivity index (χ0n) is 13.6. The fraction of sp³-hybridized carbons (Fsp3) is 0.500. The van der Waals surface area contributed by atoms with Crippen LogP contribution in [-0.2, 0) is 11.8 Å². The first-order valence-electron chi connectivity index (χ1n) is 8.19. The lowest BCUT2D eigenvalue weighted by Crippen LogP contribution is -2.32. The van der Waals surface area contributed by atoms with Gasteiger partial charge in [-0.25, -0.2) is 4.79 Å². The van der Waals surface area contributed by atoms with Crippen molar-refractivity contribution in [3.63, 3.8) is 0 Å². The Morgan fingerprint density at radius 1 is 1.25 bits per heavy atom. The van der Waals surface area contributed by atoms with E-state index in [0.29, 0.717) is 19.1 Å². The van der Waals surface area contributed by atoms with Crippen molar-refractivity contribution in [2.45, 2.75) is 6.42 Å². The molecule has 0 bridgehead atoms. The number of anilines is 1. The molecule has 0 aliphatic carbocycles. The van der Waals surface area contributed by atoms with E-state index in [9.17, 15) is 4.79 Å². The standard InChI is InChI=1S/C16H20N6O2/c1-20-14(4-6-17-20)13-2-3-15(19-18-13)21-7-5-12(10-21)11-22-8-9-24-16(22)23/h2-4,6,12H,5,7-11H2,1H3. The van der Waals surface area contributed by atoms with Crippen molar-refractivity contribution in [1.29, 1.82) is 0 Å². The second-order valence-electron chi connectivity index (χ2n) is 6.28. The summed E-state index contributed by atoms with van der Waals surface area (Å²) in [7, 11) is 1.89. The van der Waals surface area contributed by atoms with Gasteiger partial charge in [0.25, 0.3) is 0 Å². The predicted octanol–water partition coefficient (Wildman–Crippen LogP) is 1.16. The summed E-state index contributed by atoms with van der Waals surface area (Å²) in [5.74, 6) is 1.33. The summed E-state index contributed by atoms with van der Waals surface area (Å²) in [5.41, 5.74) is 1.76. The third-order valence-corrected chi connectivity index (χ3v) is 4.67. The van der Waals surface area contributed by atoms with Gasteiger partial charge in [-0.2, -0.15) is 5.10 Å². The van der Waals surface area contributed by atoms with Crippen LogP contribution in [0.15, 0.2) is 24.4 Å². The highest BCUT2D eigenvalue weighted by atomic mass is 16.6. The Labute approximate surface area is 140 Å². The molecule has 0 aromatic carbocycles. The number of cyclic esters (lactones) is 1. The molecule has 8 heteroatoms. The Kier molecular flexibility index (Phi) is 3.79. The minimum atomic E-state index is -0.186. The molecule has 0 radical (unpaired) electrons. The summed E-state index contributed by atoms with van der Waals surface area (Å²) in [6, 6.07) is 5.90. The third-order valence-electron chi connectivity index (χ3n) is 4.67. The molecule has 2 aromatic heterocycles. The molecule has 2 saturated heterocycles. The summed E-state index contributed by atoms with van der Waals surface area (Å²) in [6.45, 7) is 3.80. The molecule has 0 N–H and O–H groups in total. The summed E-state index contributed by atoms with van der Waals surface area (Å²) in [4.78, 5) is 15.6. The quantitative estimate of drug-likeness (QED) is 0.838. The largest absolute Gasteiger partial charge is 0.448 e. The van der Waals surface area contributed by atoms with Gasteiger partial charge in [-0.05, 0) is 30.5 Å². The van der Waals surface area contributed by atoms with E-state index in [1.54, 1.807) is 15.8 Å². The van der Waals surface area contributed by atoms with Crippen LogP contribution < -0.4 is 4.90 Å². The fourth-order valence-electron chi connectivity index (χ4n) is 3.35. The normalized spacial score (nSPS) is 20.7. The lowest BCUT2D eigenvalue weighted by molar-refractivity contribution is 0.155. The van der Waals surface area contributed by atoms with Crippen molar-refractivity contribution in [3.8, 4) is 11.4 Å². The molecule has 0 spiro atoms. The van der Waals surface area contributed by atoms with Crippen molar-refractivity contribution >= 4 is 11.9 Å². The highest BCUT2D eigenvalue weighted by molar-refractivity contribution is 5.69. The van der Waals surface area contributed by atoms with Crippen LogP contribution >= 0.6 is 0 Å². The van der Waals surface area contributed by atoms with Gasteiger partial charge in [-0.1, -0.05) is 0 Å². The fourth-order valence-corrected chi connectivity index (χ4v) is 3.35. The minimum absolute atomic E-state index is 0.186. The van der Waals surface area contributed by atoms with E-state index in [0.717, 1.165) is 43.3 Å². The Hall–Kier alpha value is -2.64. The average molecular weight is 328 g/mol. The van der Waals surface area contributed by atoms with Gasteiger partial charge in [0.05, 0.1) is 12.2 Å². The van der Waals surface area contributed by atoms with Gasteiger partial charge < -0.3 is 14.5 Å². The van der Waals surface area contributed by atoms with Crippen LogP contribution in [0.2, 0.25) is 0 Å². The smallest absolute Gasteiger partial charge is 0.409 e. The molecule has 4 heterocycles. The molecule has 1 unspecified atom stereocenters. The second-order valence-corrected chi connectivity index (χ2v) is 6.28. The number of carbonyl (C=O) groups excluding carboxylic acids is 1. The molecule has 0 saturated carbocycles. The first-order chi connectivity index (χ1) is 11.7. The van der Waals surface area contributed by atoms with Gasteiger partial charge in [0, 0.05) is 32.9 Å². The van der Waals surface area contributed by atoms with Crippen LogP contribution in [0.4, 0.5) is 10.6 Å². The predicted molar refractivity (Wildman–Crippen MR) is 87.5 cm³/mol. The molecule has 1 atom stereocenters. The van der Waals surface area contributed by atoms with E-state index in [1.807, 2.05) is 25.2 Å². The molecule has 2 aliphatic heterocycles. The monoisotopic (exact) mass is 328 g/mol. The van der Waals surface area contributed by atoms with Gasteiger partial charge in [-0.15, -0.1) is 10.2 Å². The summed E-state index contributed by atoms with van der Waals surface area (Å²) >= 11 is 0. The molecular weight excluding hydrogens is 308 g/mol. The van der Waals surface area contributed by atoms with Gasteiger partial charge in [0.15, 0.2) is 5.82 Å². The Morgan fingerprint density at radius 3 is 2.83 bits per heavy atom. The number of carbonyl (C=O) groups is 1. The highest BCUT2D eigenvalue weighted by Gasteiger charge is 2.30. The lowest BCUT2D eigenvalue weighted by atomic mass is 10.1. The Morgan fingerprint density at radius 2 is 2.17 bits per heavy atom. The molecule has 2 aliphatic rings. The topological polar surface area (TPSA) is 76.4 Å². The van der Waals surface area contributed by atoms with Crippen LogP contribution in [0.5, 0.6) is 0 Å². The van der Waals surface area contributed by atoms with Crippen LogP contribution in [0.1, 0.15) is 6.42 Å². The molecule has 4 rings (SSSR count). The van der Waals surface area contributed by atoms with E-state index >= 15 is 0 Å². The molecule has 24 heavy (non-hydrogen) atoms. The molecule has 1 amide bonds. The van der Waals surface area contributed by atoms with Gasteiger partial charge in [0.1, 0.15) is 12.3 Å². The number of aryl methyl sites for hydroxylation is 1. The number of hydrogen-bond acceptors (Lipinski definition) is 6. The minimum Gasteiger partial charge on any atom is -0.448 e.